The van der Waals surface area contributed by atoms with Crippen LogP contribution >= 0.6 is 0 Å². The first-order valence-electron chi connectivity index (χ1n) is 4.79. The van der Waals surface area contributed by atoms with Crippen molar-refractivity contribution in [1.29, 1.82) is 0 Å². The molecule has 0 fully saturated rings. The standard InChI is InChI=1S/2C4H6O2.C3H10Si/c2*1-3(2)4(5)6;1-4(2)3/h2*1H2,2H3,(H,5,6);4H,1-3H3. The van der Waals surface area contributed by atoms with E-state index in [1.807, 2.05) is 0 Å². The van der Waals surface area contributed by atoms with Crippen LogP contribution in [0.4, 0.5) is 0 Å². The molecule has 2 N–H and O–H groups in total. The summed E-state index contributed by atoms with van der Waals surface area (Å²) in [5.74, 6) is -1.87. The minimum atomic E-state index is -0.935. The van der Waals surface area contributed by atoms with E-state index in [4.69, 9.17) is 10.2 Å². The number of carboxylic acid groups (broad SMARTS) is 2. The number of hydrogen-bond acceptors (Lipinski definition) is 2. The molecule has 94 valence electrons. The molecule has 0 spiro atoms. The molecule has 4 nitrogen and oxygen atoms in total. The summed E-state index contributed by atoms with van der Waals surface area (Å²) in [5.41, 5.74) is 0.352. The molecule has 0 bridgehead atoms. The summed E-state index contributed by atoms with van der Waals surface area (Å²) in [6.07, 6.45) is 0. The summed E-state index contributed by atoms with van der Waals surface area (Å²) < 4.78 is 0. The molecule has 0 aromatic carbocycles. The summed E-state index contributed by atoms with van der Waals surface area (Å²) in [6.45, 7) is 16.1. The lowest BCUT2D eigenvalue weighted by Gasteiger charge is -1.79. The van der Waals surface area contributed by atoms with Crippen LogP contribution < -0.4 is 0 Å². The minimum absolute atomic E-state index is 0.139. The van der Waals surface area contributed by atoms with Crippen molar-refractivity contribution >= 4 is 20.7 Å². The Hall–Kier alpha value is -1.36. The second-order valence-corrected chi connectivity index (χ2v) is 7.37. The molecule has 5 heteroatoms. The summed E-state index contributed by atoms with van der Waals surface area (Å²) >= 11 is 0. The van der Waals surface area contributed by atoms with Gasteiger partial charge in [-0.1, -0.05) is 32.8 Å². The molecule has 0 radical (unpaired) electrons. The van der Waals surface area contributed by atoms with Crippen molar-refractivity contribution in [3.8, 4) is 0 Å². The molecule has 0 heterocycles. The molecule has 0 amide bonds. The number of aliphatic carboxylic acids is 2. The molecule has 0 saturated heterocycles. The van der Waals surface area contributed by atoms with E-state index in [0.29, 0.717) is 0 Å². The second kappa shape index (κ2) is 11.7. The maximum atomic E-state index is 9.60. The Morgan fingerprint density at radius 1 is 0.875 bits per heavy atom. The Morgan fingerprint density at radius 3 is 0.938 bits per heavy atom. The van der Waals surface area contributed by atoms with Gasteiger partial charge in [0, 0.05) is 19.9 Å². The smallest absolute Gasteiger partial charge is 0.330 e. The lowest BCUT2D eigenvalue weighted by molar-refractivity contribution is -0.133. The molecule has 0 aliphatic heterocycles. The van der Waals surface area contributed by atoms with Gasteiger partial charge in [0.05, 0.1) is 0 Å². The van der Waals surface area contributed by atoms with Crippen LogP contribution in [0.2, 0.25) is 19.6 Å². The van der Waals surface area contributed by atoms with E-state index in [2.05, 4.69) is 32.8 Å². The van der Waals surface area contributed by atoms with Gasteiger partial charge >= 0.3 is 11.9 Å². The predicted octanol–water partition coefficient (Wildman–Crippen LogP) is 2.40. The lowest BCUT2D eigenvalue weighted by Crippen LogP contribution is -1.92. The molecule has 16 heavy (non-hydrogen) atoms. The maximum absolute atomic E-state index is 9.60. The molecule has 0 aliphatic carbocycles. The van der Waals surface area contributed by atoms with E-state index < -0.39 is 11.9 Å². The highest BCUT2D eigenvalue weighted by Crippen LogP contribution is 1.81. The van der Waals surface area contributed by atoms with Gasteiger partial charge in [-0.2, -0.15) is 0 Å². The van der Waals surface area contributed by atoms with Gasteiger partial charge in [-0.25, -0.2) is 9.59 Å². The topological polar surface area (TPSA) is 74.6 Å². The summed E-state index contributed by atoms with van der Waals surface area (Å²) in [5, 5.41) is 15.8. The molecule has 0 saturated carbocycles. The molecule has 0 atom stereocenters. The Balaban J connectivity index is -0.000000162. The summed E-state index contributed by atoms with van der Waals surface area (Å²) in [7, 11) is -0.139. The van der Waals surface area contributed by atoms with Gasteiger partial charge in [-0.3, -0.25) is 0 Å². The van der Waals surface area contributed by atoms with E-state index >= 15 is 0 Å². The van der Waals surface area contributed by atoms with E-state index in [1.54, 1.807) is 0 Å². The number of rotatable bonds is 2. The monoisotopic (exact) mass is 246 g/mol. The van der Waals surface area contributed by atoms with Crippen molar-refractivity contribution in [2.75, 3.05) is 0 Å². The molecule has 0 aromatic heterocycles. The van der Waals surface area contributed by atoms with Gasteiger partial charge in [0.15, 0.2) is 0 Å². The third-order valence-electron chi connectivity index (χ3n) is 0.730. The second-order valence-electron chi connectivity index (χ2n) is 3.90. The summed E-state index contributed by atoms with van der Waals surface area (Å²) in [6, 6.07) is 0. The average Bonchev–Trinajstić information content (AvgIpc) is 2.03. The SMILES string of the molecule is C=C(C)C(=O)O.C=C(C)C(=O)O.C[SiH](C)C. The van der Waals surface area contributed by atoms with Crippen LogP contribution in [-0.4, -0.2) is 30.9 Å². The van der Waals surface area contributed by atoms with Gasteiger partial charge in [-0.15, -0.1) is 0 Å². The molecule has 0 aliphatic rings. The average molecular weight is 246 g/mol. The summed E-state index contributed by atoms with van der Waals surface area (Å²) in [4.78, 5) is 19.2. The predicted molar refractivity (Wildman–Crippen MR) is 69.6 cm³/mol. The van der Waals surface area contributed by atoms with Crippen molar-refractivity contribution in [3.63, 3.8) is 0 Å². The zero-order valence-electron chi connectivity index (χ0n) is 10.7. The maximum Gasteiger partial charge on any atom is 0.330 e. The van der Waals surface area contributed by atoms with Crippen molar-refractivity contribution in [2.24, 2.45) is 0 Å². The highest BCUT2D eigenvalue weighted by Gasteiger charge is 1.90. The van der Waals surface area contributed by atoms with Crippen molar-refractivity contribution in [2.45, 2.75) is 33.5 Å². The zero-order valence-corrected chi connectivity index (χ0v) is 11.9. The fourth-order valence-electron chi connectivity index (χ4n) is 0. The van der Waals surface area contributed by atoms with E-state index in [1.165, 1.54) is 13.8 Å². The first-order chi connectivity index (χ1) is 7.02. The fourth-order valence-corrected chi connectivity index (χ4v) is 0. The number of carboxylic acids is 2. The Bertz CT molecular complexity index is 206. The van der Waals surface area contributed by atoms with E-state index in [0.717, 1.165) is 0 Å². The largest absolute Gasteiger partial charge is 0.478 e. The Morgan fingerprint density at radius 2 is 0.938 bits per heavy atom. The van der Waals surface area contributed by atoms with Crippen LogP contribution in [0.5, 0.6) is 0 Å². The molecule has 0 rings (SSSR count). The van der Waals surface area contributed by atoms with Crippen molar-refractivity contribution < 1.29 is 19.8 Å². The molecular weight excluding hydrogens is 224 g/mol. The highest BCUT2D eigenvalue weighted by atomic mass is 28.3. The first kappa shape index (κ1) is 20.1. The van der Waals surface area contributed by atoms with Gasteiger partial charge in [0.2, 0.25) is 0 Å². The van der Waals surface area contributed by atoms with E-state index in [-0.39, 0.29) is 19.9 Å². The molecular formula is C11H22O4Si. The van der Waals surface area contributed by atoms with Gasteiger partial charge in [0.25, 0.3) is 0 Å². The van der Waals surface area contributed by atoms with Gasteiger partial charge < -0.3 is 10.2 Å². The minimum Gasteiger partial charge on any atom is -0.478 e. The number of carbonyl (C=O) groups is 2. The lowest BCUT2D eigenvalue weighted by atomic mass is 10.4. The number of hydrogen-bond donors (Lipinski definition) is 2. The van der Waals surface area contributed by atoms with Crippen LogP contribution in [0.1, 0.15) is 13.8 Å². The molecule has 0 unspecified atom stereocenters. The third-order valence-corrected chi connectivity index (χ3v) is 0.730. The van der Waals surface area contributed by atoms with Crippen LogP contribution in [0.3, 0.4) is 0 Å². The van der Waals surface area contributed by atoms with Crippen molar-refractivity contribution in [1.82, 2.24) is 0 Å². The first-order valence-corrected chi connectivity index (χ1v) is 8.26. The van der Waals surface area contributed by atoms with E-state index in [9.17, 15) is 9.59 Å². The molecule has 0 aromatic rings. The van der Waals surface area contributed by atoms with Crippen LogP contribution in [-0.2, 0) is 9.59 Å². The highest BCUT2D eigenvalue weighted by molar-refractivity contribution is 6.54. The fraction of sp³-hybridized carbons (Fsp3) is 0.455. The van der Waals surface area contributed by atoms with Crippen molar-refractivity contribution in [3.05, 3.63) is 24.3 Å². The zero-order chi connectivity index (χ0) is 13.9. The Kier molecular flexibility index (Phi) is 14.7. The normalized spacial score (nSPS) is 7.88. The quantitative estimate of drug-likeness (QED) is 0.579. The van der Waals surface area contributed by atoms with Crippen LogP contribution in [0.25, 0.3) is 0 Å². The Labute approximate surface area is 98.9 Å². The third kappa shape index (κ3) is 38.8. The van der Waals surface area contributed by atoms with Crippen LogP contribution in [0, 0.1) is 0 Å². The van der Waals surface area contributed by atoms with Gasteiger partial charge in [0.1, 0.15) is 0 Å². The van der Waals surface area contributed by atoms with Crippen LogP contribution in [0.15, 0.2) is 24.3 Å². The van der Waals surface area contributed by atoms with Gasteiger partial charge in [-0.05, 0) is 13.8 Å².